The highest BCUT2D eigenvalue weighted by Gasteiger charge is 2.38. The largest absolute Gasteiger partial charge is 0.339 e. The number of hydrogen-bond donors (Lipinski definition) is 2. The van der Waals surface area contributed by atoms with E-state index in [9.17, 15) is 18.0 Å². The van der Waals surface area contributed by atoms with E-state index >= 15 is 0 Å². The molecule has 2 amide bonds. The number of amides is 2. The van der Waals surface area contributed by atoms with Crippen LogP contribution in [0.5, 0.6) is 0 Å². The predicted octanol–water partition coefficient (Wildman–Crippen LogP) is 2.88. The summed E-state index contributed by atoms with van der Waals surface area (Å²) in [5, 5.41) is 2.83. The summed E-state index contributed by atoms with van der Waals surface area (Å²) in [7, 11) is -3.57. The van der Waals surface area contributed by atoms with Gasteiger partial charge in [-0.05, 0) is 50.5 Å². The van der Waals surface area contributed by atoms with Crippen LogP contribution in [0.3, 0.4) is 0 Å². The molecule has 1 aromatic carbocycles. The number of likely N-dealkylation sites (tertiary alicyclic amines) is 1. The smallest absolute Gasteiger partial charge is 0.240 e. The fraction of sp³-hybridized carbons (Fsp3) is 0.619. The molecule has 2 atom stereocenters. The molecule has 7 nitrogen and oxygen atoms in total. The van der Waals surface area contributed by atoms with Crippen molar-refractivity contribution in [2.45, 2.75) is 75.8 Å². The van der Waals surface area contributed by atoms with Crippen LogP contribution in [-0.4, -0.2) is 43.8 Å². The Bertz CT molecular complexity index is 832. The zero-order valence-electron chi connectivity index (χ0n) is 17.2. The van der Waals surface area contributed by atoms with Crippen molar-refractivity contribution in [3.05, 3.63) is 24.3 Å². The monoisotopic (exact) mass is 421 g/mol. The number of carbonyl (C=O) groups is 2. The van der Waals surface area contributed by atoms with Gasteiger partial charge in [0.2, 0.25) is 21.8 Å². The zero-order valence-corrected chi connectivity index (χ0v) is 18.0. The number of carbonyl (C=O) groups excluding carboxylic acids is 2. The summed E-state index contributed by atoms with van der Waals surface area (Å²) in [6.07, 6.45) is 6.51. The molecule has 0 radical (unpaired) electrons. The molecule has 1 saturated heterocycles. The van der Waals surface area contributed by atoms with E-state index < -0.39 is 10.0 Å². The Morgan fingerprint density at radius 1 is 1.17 bits per heavy atom. The Balaban J connectivity index is 1.59. The van der Waals surface area contributed by atoms with Gasteiger partial charge in [-0.1, -0.05) is 26.2 Å². The van der Waals surface area contributed by atoms with E-state index in [2.05, 4.69) is 10.0 Å². The van der Waals surface area contributed by atoms with Crippen molar-refractivity contribution in [3.8, 4) is 0 Å². The molecule has 0 bridgehead atoms. The van der Waals surface area contributed by atoms with Crippen molar-refractivity contribution in [3.63, 3.8) is 0 Å². The van der Waals surface area contributed by atoms with Crippen molar-refractivity contribution >= 4 is 27.5 Å². The molecule has 0 spiro atoms. The average molecular weight is 422 g/mol. The minimum absolute atomic E-state index is 0.0645. The normalized spacial score (nSPS) is 21.9. The molecule has 1 saturated carbocycles. The number of benzene rings is 1. The SMILES string of the molecule is CC[C@@H](C)NS(=O)(=O)c1ccc(NC(=O)[C@H]2CC(=O)N(C3CCCCC3)C2)cc1. The van der Waals surface area contributed by atoms with Crippen LogP contribution < -0.4 is 10.0 Å². The van der Waals surface area contributed by atoms with Crippen LogP contribution in [-0.2, 0) is 19.6 Å². The minimum atomic E-state index is -3.57. The second kappa shape index (κ2) is 9.26. The van der Waals surface area contributed by atoms with E-state index in [1.54, 1.807) is 12.1 Å². The van der Waals surface area contributed by atoms with Crippen molar-refractivity contribution in [2.24, 2.45) is 5.92 Å². The molecule has 1 aliphatic heterocycles. The maximum atomic E-state index is 12.6. The van der Waals surface area contributed by atoms with Gasteiger partial charge in [0.15, 0.2) is 0 Å². The lowest BCUT2D eigenvalue weighted by atomic mass is 9.94. The molecule has 29 heavy (non-hydrogen) atoms. The quantitative estimate of drug-likeness (QED) is 0.708. The standard InChI is InChI=1S/C21H31N3O4S/c1-3-15(2)23-29(27,28)19-11-9-17(10-12-19)22-21(26)16-13-20(25)24(14-16)18-7-5-4-6-8-18/h9-12,15-16,18,23H,3-8,13-14H2,1-2H3,(H,22,26)/t15-,16+/m1/s1. The van der Waals surface area contributed by atoms with Gasteiger partial charge in [0.05, 0.1) is 10.8 Å². The summed E-state index contributed by atoms with van der Waals surface area (Å²) in [5.74, 6) is -0.487. The highest BCUT2D eigenvalue weighted by Crippen LogP contribution is 2.29. The van der Waals surface area contributed by atoms with E-state index in [4.69, 9.17) is 0 Å². The number of sulfonamides is 1. The Kier molecular flexibility index (Phi) is 6.95. The summed E-state index contributed by atoms with van der Waals surface area (Å²) in [4.78, 5) is 27.1. The van der Waals surface area contributed by atoms with Crippen LogP contribution >= 0.6 is 0 Å². The molecule has 2 aliphatic rings. The number of nitrogens with one attached hydrogen (secondary N) is 2. The first-order valence-electron chi connectivity index (χ1n) is 10.5. The summed E-state index contributed by atoms with van der Waals surface area (Å²) in [5.41, 5.74) is 0.529. The molecule has 1 aliphatic carbocycles. The second-order valence-corrected chi connectivity index (χ2v) is 9.90. The maximum Gasteiger partial charge on any atom is 0.240 e. The molecular formula is C21H31N3O4S. The zero-order chi connectivity index (χ0) is 21.0. The lowest BCUT2D eigenvalue weighted by molar-refractivity contribution is -0.130. The van der Waals surface area contributed by atoms with Gasteiger partial charge in [-0.25, -0.2) is 13.1 Å². The summed E-state index contributed by atoms with van der Waals surface area (Å²) in [6.45, 7) is 4.20. The average Bonchev–Trinajstić information content (AvgIpc) is 3.10. The van der Waals surface area contributed by atoms with Crippen molar-refractivity contribution in [1.29, 1.82) is 0 Å². The molecular weight excluding hydrogens is 390 g/mol. The molecule has 160 valence electrons. The third kappa shape index (κ3) is 5.36. The van der Waals surface area contributed by atoms with Crippen LogP contribution in [0.4, 0.5) is 5.69 Å². The molecule has 8 heteroatoms. The van der Waals surface area contributed by atoms with Crippen LogP contribution in [0.15, 0.2) is 29.2 Å². The Morgan fingerprint density at radius 3 is 2.45 bits per heavy atom. The Morgan fingerprint density at radius 2 is 1.83 bits per heavy atom. The third-order valence-corrected chi connectivity index (χ3v) is 7.55. The van der Waals surface area contributed by atoms with Gasteiger partial charge in [0.1, 0.15) is 0 Å². The highest BCUT2D eigenvalue weighted by atomic mass is 32.2. The van der Waals surface area contributed by atoms with Crippen molar-refractivity contribution < 1.29 is 18.0 Å². The van der Waals surface area contributed by atoms with E-state index in [0.717, 1.165) is 25.7 Å². The Hall–Kier alpha value is -1.93. The van der Waals surface area contributed by atoms with Crippen LogP contribution in [0, 0.1) is 5.92 Å². The fourth-order valence-electron chi connectivity index (χ4n) is 4.03. The molecule has 1 heterocycles. The lowest BCUT2D eigenvalue weighted by Gasteiger charge is -2.31. The van der Waals surface area contributed by atoms with Crippen LogP contribution in [0.1, 0.15) is 58.8 Å². The number of nitrogens with zero attached hydrogens (tertiary/aromatic N) is 1. The summed E-state index contributed by atoms with van der Waals surface area (Å²) >= 11 is 0. The molecule has 0 aromatic heterocycles. The van der Waals surface area contributed by atoms with Gasteiger partial charge in [-0.15, -0.1) is 0 Å². The maximum absolute atomic E-state index is 12.6. The highest BCUT2D eigenvalue weighted by molar-refractivity contribution is 7.89. The van der Waals surface area contributed by atoms with Gasteiger partial charge < -0.3 is 10.2 Å². The first-order valence-corrected chi connectivity index (χ1v) is 12.0. The predicted molar refractivity (Wildman–Crippen MR) is 112 cm³/mol. The molecule has 3 rings (SSSR count). The molecule has 2 N–H and O–H groups in total. The van der Waals surface area contributed by atoms with E-state index in [-0.39, 0.29) is 41.1 Å². The summed E-state index contributed by atoms with van der Waals surface area (Å²) in [6, 6.07) is 6.25. The lowest BCUT2D eigenvalue weighted by Crippen LogP contribution is -2.38. The van der Waals surface area contributed by atoms with Gasteiger partial charge in [-0.3, -0.25) is 9.59 Å². The number of rotatable bonds is 7. The molecule has 1 aromatic rings. The van der Waals surface area contributed by atoms with Gasteiger partial charge in [-0.2, -0.15) is 0 Å². The first kappa shape index (κ1) is 21.8. The van der Waals surface area contributed by atoms with Crippen LogP contribution in [0.2, 0.25) is 0 Å². The van der Waals surface area contributed by atoms with E-state index in [1.165, 1.54) is 18.6 Å². The topological polar surface area (TPSA) is 95.6 Å². The van der Waals surface area contributed by atoms with E-state index in [0.29, 0.717) is 18.7 Å². The van der Waals surface area contributed by atoms with E-state index in [1.807, 2.05) is 18.7 Å². The molecule has 0 unspecified atom stereocenters. The Labute approximate surface area is 173 Å². The second-order valence-electron chi connectivity index (χ2n) is 8.18. The number of anilines is 1. The first-order chi connectivity index (χ1) is 13.8. The van der Waals surface area contributed by atoms with Crippen molar-refractivity contribution in [2.75, 3.05) is 11.9 Å². The number of hydrogen-bond acceptors (Lipinski definition) is 4. The van der Waals surface area contributed by atoms with Crippen LogP contribution in [0.25, 0.3) is 0 Å². The summed E-state index contributed by atoms with van der Waals surface area (Å²) < 4.78 is 27.3. The third-order valence-electron chi connectivity index (χ3n) is 5.95. The van der Waals surface area contributed by atoms with Gasteiger partial charge >= 0.3 is 0 Å². The van der Waals surface area contributed by atoms with Gasteiger partial charge in [0, 0.05) is 30.7 Å². The minimum Gasteiger partial charge on any atom is -0.339 e. The molecule has 2 fully saturated rings. The van der Waals surface area contributed by atoms with Gasteiger partial charge in [0.25, 0.3) is 0 Å². The fourth-order valence-corrected chi connectivity index (χ4v) is 5.36. The van der Waals surface area contributed by atoms with Crippen molar-refractivity contribution in [1.82, 2.24) is 9.62 Å².